The normalized spacial score (nSPS) is 11.7. The first-order valence-electron chi connectivity index (χ1n) is 8.56. The number of rotatable bonds is 6. The van der Waals surface area contributed by atoms with Crippen LogP contribution >= 0.6 is 0 Å². The van der Waals surface area contributed by atoms with Gasteiger partial charge in [0.05, 0.1) is 6.04 Å². The Morgan fingerprint density at radius 1 is 0.920 bits per heavy atom. The highest BCUT2D eigenvalue weighted by atomic mass is 16.1. The summed E-state index contributed by atoms with van der Waals surface area (Å²) in [5.74, 6) is -0.0343. The van der Waals surface area contributed by atoms with Gasteiger partial charge >= 0.3 is 0 Å². The van der Waals surface area contributed by atoms with Gasteiger partial charge in [0.1, 0.15) is 0 Å². The van der Waals surface area contributed by atoms with E-state index < -0.39 is 0 Å². The van der Waals surface area contributed by atoms with E-state index in [1.807, 2.05) is 61.5 Å². The number of pyridine rings is 1. The maximum atomic E-state index is 12.7. The molecule has 126 valence electrons. The SMILES string of the molecule is CC(NC(=O)c1ccccc1CCc1ccccc1)c1ccncc1. The van der Waals surface area contributed by atoms with Gasteiger partial charge in [-0.15, -0.1) is 0 Å². The molecule has 1 atom stereocenters. The van der Waals surface area contributed by atoms with E-state index in [1.165, 1.54) is 5.56 Å². The average Bonchev–Trinajstić information content (AvgIpc) is 2.68. The van der Waals surface area contributed by atoms with Crippen LogP contribution in [0.5, 0.6) is 0 Å². The highest BCUT2D eigenvalue weighted by Gasteiger charge is 2.14. The molecule has 0 radical (unpaired) electrons. The maximum absolute atomic E-state index is 12.7. The first kappa shape index (κ1) is 16.9. The fourth-order valence-corrected chi connectivity index (χ4v) is 2.89. The second-order valence-corrected chi connectivity index (χ2v) is 6.12. The third-order valence-electron chi connectivity index (χ3n) is 4.34. The van der Waals surface area contributed by atoms with Crippen molar-refractivity contribution >= 4 is 5.91 Å². The number of benzene rings is 2. The molecule has 0 aliphatic heterocycles. The third kappa shape index (κ3) is 4.54. The van der Waals surface area contributed by atoms with Gasteiger partial charge in [0, 0.05) is 18.0 Å². The molecule has 0 spiro atoms. The summed E-state index contributed by atoms with van der Waals surface area (Å²) < 4.78 is 0. The van der Waals surface area contributed by atoms with Crippen LogP contribution in [-0.4, -0.2) is 10.9 Å². The summed E-state index contributed by atoms with van der Waals surface area (Å²) in [6.45, 7) is 1.99. The Bertz CT molecular complexity index is 816. The monoisotopic (exact) mass is 330 g/mol. The van der Waals surface area contributed by atoms with E-state index in [2.05, 4.69) is 22.4 Å². The van der Waals surface area contributed by atoms with Gasteiger partial charge in [-0.3, -0.25) is 9.78 Å². The number of nitrogens with one attached hydrogen (secondary N) is 1. The molecule has 0 fully saturated rings. The lowest BCUT2D eigenvalue weighted by atomic mass is 9.99. The Labute approximate surface area is 148 Å². The molecule has 0 saturated carbocycles. The predicted molar refractivity (Wildman–Crippen MR) is 100 cm³/mol. The van der Waals surface area contributed by atoms with Gasteiger partial charge in [-0.1, -0.05) is 48.5 Å². The van der Waals surface area contributed by atoms with Crippen molar-refractivity contribution < 1.29 is 4.79 Å². The maximum Gasteiger partial charge on any atom is 0.252 e. The zero-order chi connectivity index (χ0) is 17.5. The number of nitrogens with zero attached hydrogens (tertiary/aromatic N) is 1. The Morgan fingerprint density at radius 3 is 2.36 bits per heavy atom. The summed E-state index contributed by atoms with van der Waals surface area (Å²) in [5, 5.41) is 3.08. The average molecular weight is 330 g/mol. The highest BCUT2D eigenvalue weighted by Crippen LogP contribution is 2.16. The van der Waals surface area contributed by atoms with Crippen LogP contribution in [0.2, 0.25) is 0 Å². The molecule has 1 aromatic heterocycles. The van der Waals surface area contributed by atoms with Crippen LogP contribution in [0.15, 0.2) is 79.1 Å². The number of carbonyl (C=O) groups is 1. The topological polar surface area (TPSA) is 42.0 Å². The van der Waals surface area contributed by atoms with Gasteiger partial charge in [-0.25, -0.2) is 0 Å². The van der Waals surface area contributed by atoms with Crippen molar-refractivity contribution in [2.24, 2.45) is 0 Å². The van der Waals surface area contributed by atoms with Crippen molar-refractivity contribution in [3.63, 3.8) is 0 Å². The molecular weight excluding hydrogens is 308 g/mol. The van der Waals surface area contributed by atoms with E-state index in [9.17, 15) is 4.79 Å². The van der Waals surface area contributed by atoms with Crippen LogP contribution in [0.1, 0.15) is 40.0 Å². The van der Waals surface area contributed by atoms with Crippen LogP contribution in [0, 0.1) is 0 Å². The number of hydrogen-bond acceptors (Lipinski definition) is 2. The first-order valence-corrected chi connectivity index (χ1v) is 8.56. The fraction of sp³-hybridized carbons (Fsp3) is 0.182. The number of amides is 1. The van der Waals surface area contributed by atoms with Crippen molar-refractivity contribution in [3.8, 4) is 0 Å². The minimum Gasteiger partial charge on any atom is -0.346 e. The standard InChI is InChI=1S/C22H22N2O/c1-17(19-13-15-23-16-14-19)24-22(25)21-10-6-5-9-20(21)12-11-18-7-3-2-4-8-18/h2-10,13-17H,11-12H2,1H3,(H,24,25). The van der Waals surface area contributed by atoms with Crippen molar-refractivity contribution in [1.82, 2.24) is 10.3 Å². The zero-order valence-electron chi connectivity index (χ0n) is 14.4. The molecule has 2 aromatic carbocycles. The number of aromatic nitrogens is 1. The number of hydrogen-bond donors (Lipinski definition) is 1. The molecule has 3 rings (SSSR count). The molecule has 25 heavy (non-hydrogen) atoms. The van der Waals surface area contributed by atoms with Crippen LogP contribution in [0.25, 0.3) is 0 Å². The lowest BCUT2D eigenvalue weighted by Crippen LogP contribution is -2.27. The van der Waals surface area contributed by atoms with E-state index in [0.717, 1.165) is 29.5 Å². The van der Waals surface area contributed by atoms with Crippen molar-refractivity contribution in [1.29, 1.82) is 0 Å². The zero-order valence-corrected chi connectivity index (χ0v) is 14.4. The van der Waals surface area contributed by atoms with Crippen molar-refractivity contribution in [2.45, 2.75) is 25.8 Å². The molecule has 3 nitrogen and oxygen atoms in total. The van der Waals surface area contributed by atoms with Gasteiger partial charge < -0.3 is 5.32 Å². The van der Waals surface area contributed by atoms with Crippen molar-refractivity contribution in [3.05, 3.63) is 101 Å². The Morgan fingerprint density at radius 2 is 1.60 bits per heavy atom. The molecule has 1 N–H and O–H groups in total. The number of aryl methyl sites for hydroxylation is 2. The summed E-state index contributed by atoms with van der Waals surface area (Å²) in [6.07, 6.45) is 5.25. The smallest absolute Gasteiger partial charge is 0.252 e. The minimum atomic E-state index is -0.0577. The van der Waals surface area contributed by atoms with E-state index in [0.29, 0.717) is 0 Å². The van der Waals surface area contributed by atoms with Gasteiger partial charge in [-0.2, -0.15) is 0 Å². The largest absolute Gasteiger partial charge is 0.346 e. The molecule has 0 bridgehead atoms. The first-order chi connectivity index (χ1) is 12.2. The van der Waals surface area contributed by atoms with Crippen LogP contribution < -0.4 is 5.32 Å². The fourth-order valence-electron chi connectivity index (χ4n) is 2.89. The van der Waals surface area contributed by atoms with Gasteiger partial charge in [0.2, 0.25) is 0 Å². The quantitative estimate of drug-likeness (QED) is 0.730. The van der Waals surface area contributed by atoms with Gasteiger partial charge in [-0.05, 0) is 54.7 Å². The van der Waals surface area contributed by atoms with Crippen LogP contribution in [0.3, 0.4) is 0 Å². The molecular formula is C22H22N2O. The van der Waals surface area contributed by atoms with E-state index >= 15 is 0 Å². The molecule has 1 amide bonds. The van der Waals surface area contributed by atoms with Gasteiger partial charge in [0.15, 0.2) is 0 Å². The second kappa shape index (κ2) is 8.25. The summed E-state index contributed by atoms with van der Waals surface area (Å²) in [6, 6.07) is 22.0. The Balaban J connectivity index is 1.70. The molecule has 3 heteroatoms. The van der Waals surface area contributed by atoms with E-state index in [-0.39, 0.29) is 11.9 Å². The summed E-state index contributed by atoms with van der Waals surface area (Å²) in [5.41, 5.74) is 4.15. The predicted octanol–water partition coefficient (Wildman–Crippen LogP) is 4.36. The Hall–Kier alpha value is -2.94. The van der Waals surface area contributed by atoms with Gasteiger partial charge in [0.25, 0.3) is 5.91 Å². The third-order valence-corrected chi connectivity index (χ3v) is 4.34. The molecule has 3 aromatic rings. The molecule has 0 saturated heterocycles. The minimum absolute atomic E-state index is 0.0343. The highest BCUT2D eigenvalue weighted by molar-refractivity contribution is 5.95. The molecule has 1 unspecified atom stereocenters. The lowest BCUT2D eigenvalue weighted by molar-refractivity contribution is 0.0939. The molecule has 0 aliphatic carbocycles. The summed E-state index contributed by atoms with van der Waals surface area (Å²) in [7, 11) is 0. The molecule has 1 heterocycles. The molecule has 0 aliphatic rings. The number of carbonyl (C=O) groups excluding carboxylic acids is 1. The van der Waals surface area contributed by atoms with Crippen LogP contribution in [-0.2, 0) is 12.8 Å². The van der Waals surface area contributed by atoms with E-state index in [4.69, 9.17) is 0 Å². The van der Waals surface area contributed by atoms with Crippen LogP contribution in [0.4, 0.5) is 0 Å². The second-order valence-electron chi connectivity index (χ2n) is 6.12. The lowest BCUT2D eigenvalue weighted by Gasteiger charge is -2.16. The van der Waals surface area contributed by atoms with E-state index in [1.54, 1.807) is 12.4 Å². The Kier molecular flexibility index (Phi) is 5.57. The summed E-state index contributed by atoms with van der Waals surface area (Å²) in [4.78, 5) is 16.8. The van der Waals surface area contributed by atoms with Crippen molar-refractivity contribution in [2.75, 3.05) is 0 Å². The summed E-state index contributed by atoms with van der Waals surface area (Å²) >= 11 is 0.